The first-order chi connectivity index (χ1) is 12.6. The summed E-state index contributed by atoms with van der Waals surface area (Å²) in [6.07, 6.45) is 0. The van der Waals surface area contributed by atoms with Crippen molar-refractivity contribution in [3.05, 3.63) is 53.3 Å². The van der Waals surface area contributed by atoms with E-state index in [1.807, 2.05) is 0 Å². The van der Waals surface area contributed by atoms with Gasteiger partial charge in [-0.2, -0.15) is 13.1 Å². The number of sulfonamides is 1. The zero-order chi connectivity index (χ0) is 20.2. The molecule has 5 nitrogen and oxygen atoms in total. The Morgan fingerprint density at radius 3 is 2.44 bits per heavy atom. The first kappa shape index (κ1) is 21.5. The summed E-state index contributed by atoms with van der Waals surface area (Å²) in [5.41, 5.74) is 0.0466. The van der Waals surface area contributed by atoms with Crippen molar-refractivity contribution in [1.29, 1.82) is 0 Å². The summed E-state index contributed by atoms with van der Waals surface area (Å²) in [4.78, 5) is 12.0. The molecule has 0 bridgehead atoms. The van der Waals surface area contributed by atoms with Crippen molar-refractivity contribution in [2.45, 2.75) is 15.5 Å². The van der Waals surface area contributed by atoms with Gasteiger partial charge < -0.3 is 5.32 Å². The molecule has 0 aromatic heterocycles. The molecule has 0 saturated carbocycles. The van der Waals surface area contributed by atoms with E-state index in [-0.39, 0.29) is 32.3 Å². The van der Waals surface area contributed by atoms with Crippen LogP contribution in [0.25, 0.3) is 0 Å². The number of alkyl halides is 2. The van der Waals surface area contributed by atoms with Gasteiger partial charge in [-0.05, 0) is 36.4 Å². The molecular formula is C16H14ClF3N2O3S2. The SMILES string of the molecule is CN(CC(=O)Nc1cccc(Cl)c1SC(F)F)S(=O)(=O)c1ccc(F)cc1. The summed E-state index contributed by atoms with van der Waals surface area (Å²) in [5.74, 6) is -4.09. The van der Waals surface area contributed by atoms with Crippen LogP contribution in [0.1, 0.15) is 0 Å². The zero-order valence-electron chi connectivity index (χ0n) is 13.8. The number of likely N-dealkylation sites (N-methyl/N-ethyl adjacent to an activating group) is 1. The lowest BCUT2D eigenvalue weighted by molar-refractivity contribution is -0.116. The monoisotopic (exact) mass is 438 g/mol. The molecule has 0 fully saturated rings. The largest absolute Gasteiger partial charge is 0.324 e. The Balaban J connectivity index is 2.14. The number of anilines is 1. The second-order valence-corrected chi connectivity index (χ2v) is 8.71. The van der Waals surface area contributed by atoms with Crippen LogP contribution in [0.4, 0.5) is 18.9 Å². The molecule has 2 aromatic carbocycles. The minimum absolute atomic E-state index is 0.0217. The van der Waals surface area contributed by atoms with E-state index >= 15 is 0 Å². The topological polar surface area (TPSA) is 66.5 Å². The van der Waals surface area contributed by atoms with Crippen LogP contribution in [0.15, 0.2) is 52.3 Å². The Hall–Kier alpha value is -1.75. The number of hydrogen-bond donors (Lipinski definition) is 1. The van der Waals surface area contributed by atoms with E-state index in [9.17, 15) is 26.4 Å². The first-order valence-corrected chi connectivity index (χ1v) is 10.1. The van der Waals surface area contributed by atoms with Crippen molar-refractivity contribution in [3.8, 4) is 0 Å². The fourth-order valence-electron chi connectivity index (χ4n) is 2.08. The highest BCUT2D eigenvalue weighted by Gasteiger charge is 2.24. The minimum atomic E-state index is -4.03. The molecule has 0 saturated heterocycles. The van der Waals surface area contributed by atoms with Crippen LogP contribution in [0.2, 0.25) is 5.02 Å². The molecule has 2 rings (SSSR count). The lowest BCUT2D eigenvalue weighted by Crippen LogP contribution is -2.35. The van der Waals surface area contributed by atoms with Gasteiger partial charge in [0.2, 0.25) is 15.9 Å². The third kappa shape index (κ3) is 5.61. The van der Waals surface area contributed by atoms with Gasteiger partial charge in [0.1, 0.15) is 5.82 Å². The summed E-state index contributed by atoms with van der Waals surface area (Å²) in [6, 6.07) is 8.37. The number of benzene rings is 2. The van der Waals surface area contributed by atoms with Crippen LogP contribution in [-0.4, -0.2) is 38.0 Å². The highest BCUT2D eigenvalue weighted by Crippen LogP contribution is 2.37. The fourth-order valence-corrected chi connectivity index (χ4v) is 4.12. The van der Waals surface area contributed by atoms with E-state index in [1.54, 1.807) is 0 Å². The van der Waals surface area contributed by atoms with Crippen LogP contribution in [0.5, 0.6) is 0 Å². The normalized spacial score (nSPS) is 11.8. The smallest absolute Gasteiger partial charge is 0.289 e. The number of nitrogens with zero attached hydrogens (tertiary/aromatic N) is 1. The van der Waals surface area contributed by atoms with Gasteiger partial charge in [0.05, 0.1) is 27.0 Å². The number of carbonyl (C=O) groups is 1. The number of halogens is 4. The average Bonchev–Trinajstić information content (AvgIpc) is 2.58. The van der Waals surface area contributed by atoms with Gasteiger partial charge in [0.25, 0.3) is 5.76 Å². The summed E-state index contributed by atoms with van der Waals surface area (Å²) in [6.45, 7) is -0.578. The molecule has 0 aliphatic heterocycles. The van der Waals surface area contributed by atoms with Crippen LogP contribution in [0, 0.1) is 5.82 Å². The molecule has 0 atom stereocenters. The zero-order valence-corrected chi connectivity index (χ0v) is 16.2. The Kier molecular flexibility index (Phi) is 7.15. The van der Waals surface area contributed by atoms with Gasteiger partial charge in [-0.3, -0.25) is 4.79 Å². The molecular weight excluding hydrogens is 425 g/mol. The molecule has 0 heterocycles. The maximum atomic E-state index is 13.0. The van der Waals surface area contributed by atoms with E-state index in [4.69, 9.17) is 11.6 Å². The highest BCUT2D eigenvalue weighted by atomic mass is 35.5. The predicted molar refractivity (Wildman–Crippen MR) is 98.2 cm³/mol. The van der Waals surface area contributed by atoms with Crippen LogP contribution >= 0.6 is 23.4 Å². The summed E-state index contributed by atoms with van der Waals surface area (Å²) < 4.78 is 63.9. The molecule has 146 valence electrons. The standard InChI is InChI=1S/C16H14ClF3N2O3S2/c1-22(27(24,25)11-7-5-10(18)6-8-11)9-14(23)21-13-4-2-3-12(17)15(13)26-16(19)20/h2-8,16H,9H2,1H3,(H,21,23). The van der Waals surface area contributed by atoms with Gasteiger partial charge in [-0.15, -0.1) is 0 Å². The van der Waals surface area contributed by atoms with Gasteiger partial charge in [-0.1, -0.05) is 29.4 Å². The Labute approximate surface area is 163 Å². The van der Waals surface area contributed by atoms with Gasteiger partial charge >= 0.3 is 0 Å². The van der Waals surface area contributed by atoms with Crippen LogP contribution < -0.4 is 5.32 Å². The lowest BCUT2D eigenvalue weighted by Gasteiger charge is -2.18. The number of carbonyl (C=O) groups excluding carboxylic acids is 1. The predicted octanol–water partition coefficient (Wildman–Crippen LogP) is 4.05. The molecule has 0 unspecified atom stereocenters. The fraction of sp³-hybridized carbons (Fsp3) is 0.188. The molecule has 2 aromatic rings. The van der Waals surface area contributed by atoms with Crippen molar-refractivity contribution in [3.63, 3.8) is 0 Å². The molecule has 0 aliphatic carbocycles. The van der Waals surface area contributed by atoms with Gasteiger partial charge in [0.15, 0.2) is 0 Å². The second kappa shape index (κ2) is 8.96. The Morgan fingerprint density at radius 1 is 1.22 bits per heavy atom. The maximum absolute atomic E-state index is 13.0. The number of thioether (sulfide) groups is 1. The lowest BCUT2D eigenvalue weighted by atomic mass is 10.3. The van der Waals surface area contributed by atoms with Crippen molar-refractivity contribution < 1.29 is 26.4 Å². The molecule has 0 radical (unpaired) electrons. The van der Waals surface area contributed by atoms with E-state index in [0.29, 0.717) is 0 Å². The summed E-state index contributed by atoms with van der Waals surface area (Å²) in [5, 5.41) is 2.41. The molecule has 11 heteroatoms. The molecule has 1 N–H and O–H groups in total. The number of amides is 1. The van der Waals surface area contributed by atoms with E-state index < -0.39 is 34.0 Å². The average molecular weight is 439 g/mol. The maximum Gasteiger partial charge on any atom is 0.289 e. The summed E-state index contributed by atoms with van der Waals surface area (Å²) in [7, 11) is -2.85. The number of nitrogens with one attached hydrogen (secondary N) is 1. The molecule has 0 spiro atoms. The highest BCUT2D eigenvalue weighted by molar-refractivity contribution is 7.99. The minimum Gasteiger partial charge on any atom is -0.324 e. The summed E-state index contributed by atoms with van der Waals surface area (Å²) >= 11 is 6.05. The second-order valence-electron chi connectivity index (χ2n) is 5.26. The van der Waals surface area contributed by atoms with Crippen molar-refractivity contribution in [1.82, 2.24) is 4.31 Å². The van der Waals surface area contributed by atoms with Gasteiger partial charge in [0, 0.05) is 7.05 Å². The van der Waals surface area contributed by atoms with E-state index in [1.165, 1.54) is 25.2 Å². The van der Waals surface area contributed by atoms with Crippen LogP contribution in [-0.2, 0) is 14.8 Å². The van der Waals surface area contributed by atoms with Crippen molar-refractivity contribution >= 4 is 45.0 Å². The number of rotatable bonds is 7. The number of hydrogen-bond acceptors (Lipinski definition) is 4. The van der Waals surface area contributed by atoms with Gasteiger partial charge in [-0.25, -0.2) is 12.8 Å². The van der Waals surface area contributed by atoms with Crippen LogP contribution in [0.3, 0.4) is 0 Å². The van der Waals surface area contributed by atoms with Crippen molar-refractivity contribution in [2.75, 3.05) is 18.9 Å². The molecule has 27 heavy (non-hydrogen) atoms. The first-order valence-electron chi connectivity index (χ1n) is 7.36. The third-order valence-corrected chi connectivity index (χ3v) is 6.43. The molecule has 1 amide bonds. The quantitative estimate of drug-likeness (QED) is 0.662. The Bertz CT molecular complexity index is 925. The third-order valence-electron chi connectivity index (χ3n) is 3.34. The van der Waals surface area contributed by atoms with E-state index in [2.05, 4.69) is 5.32 Å². The Morgan fingerprint density at radius 2 is 1.85 bits per heavy atom. The molecule has 0 aliphatic rings. The van der Waals surface area contributed by atoms with Crippen molar-refractivity contribution in [2.24, 2.45) is 0 Å². The van der Waals surface area contributed by atoms with E-state index in [0.717, 1.165) is 28.6 Å².